The molecular weight excluding hydrogens is 262 g/mol. The van der Waals surface area contributed by atoms with Crippen molar-refractivity contribution < 1.29 is 4.52 Å². The summed E-state index contributed by atoms with van der Waals surface area (Å²) < 4.78 is 5.09. The van der Waals surface area contributed by atoms with Gasteiger partial charge in [-0.2, -0.15) is 5.26 Å². The molecule has 2 aromatic heterocycles. The van der Waals surface area contributed by atoms with Crippen LogP contribution in [-0.4, -0.2) is 10.1 Å². The molecule has 0 amide bonds. The van der Waals surface area contributed by atoms with Crippen LogP contribution in [0, 0.1) is 25.2 Å². The third kappa shape index (κ3) is 2.63. The number of aromatic nitrogens is 2. The monoisotopic (exact) mass is 275 g/mol. The zero-order valence-corrected chi connectivity index (χ0v) is 11.4. The summed E-state index contributed by atoms with van der Waals surface area (Å²) >= 11 is 1.39. The van der Waals surface area contributed by atoms with Crippen molar-refractivity contribution in [2.24, 2.45) is 0 Å². The van der Waals surface area contributed by atoms with Crippen molar-refractivity contribution >= 4 is 23.3 Å². The topological polar surface area (TPSA) is 115 Å². The van der Waals surface area contributed by atoms with E-state index in [4.69, 9.17) is 21.3 Å². The number of hydrogen-bond donors (Lipinski definition) is 2. The molecule has 0 spiro atoms. The van der Waals surface area contributed by atoms with Gasteiger partial charge in [-0.15, -0.1) is 0 Å². The van der Waals surface area contributed by atoms with Crippen molar-refractivity contribution in [1.29, 1.82) is 5.26 Å². The molecule has 0 aliphatic rings. The molecule has 0 radical (unpaired) electrons. The summed E-state index contributed by atoms with van der Waals surface area (Å²) in [7, 11) is 0. The van der Waals surface area contributed by atoms with Gasteiger partial charge < -0.3 is 16.0 Å². The number of hydrogen-bond acceptors (Lipinski definition) is 7. The zero-order valence-electron chi connectivity index (χ0n) is 10.6. The molecule has 2 heterocycles. The van der Waals surface area contributed by atoms with E-state index in [1.165, 1.54) is 17.8 Å². The van der Waals surface area contributed by atoms with Crippen LogP contribution < -0.4 is 11.5 Å². The fourth-order valence-electron chi connectivity index (χ4n) is 1.63. The predicted molar refractivity (Wildman–Crippen MR) is 73.3 cm³/mol. The van der Waals surface area contributed by atoms with Crippen molar-refractivity contribution in [3.05, 3.63) is 28.6 Å². The van der Waals surface area contributed by atoms with E-state index in [1.807, 2.05) is 19.9 Å². The van der Waals surface area contributed by atoms with E-state index < -0.39 is 0 Å². The molecule has 0 aromatic carbocycles. The molecule has 0 fully saturated rings. The number of nitrogen functional groups attached to an aromatic ring is 2. The number of anilines is 2. The summed E-state index contributed by atoms with van der Waals surface area (Å²) in [5.74, 6) is 1.67. The Bertz CT molecular complexity index is 639. The van der Waals surface area contributed by atoms with Gasteiger partial charge in [-0.05, 0) is 13.8 Å². The molecule has 0 atom stereocenters. The average Bonchev–Trinajstić information content (AvgIpc) is 2.66. The summed E-state index contributed by atoms with van der Waals surface area (Å²) in [5.41, 5.74) is 13.9. The van der Waals surface area contributed by atoms with Gasteiger partial charge in [0.15, 0.2) is 0 Å². The maximum Gasteiger partial charge on any atom is 0.137 e. The lowest BCUT2D eigenvalue weighted by Gasteiger charge is -2.06. The molecule has 19 heavy (non-hydrogen) atoms. The zero-order chi connectivity index (χ0) is 14.0. The molecule has 0 aliphatic heterocycles. The third-order valence-electron chi connectivity index (χ3n) is 2.68. The largest absolute Gasteiger partial charge is 0.397 e. The number of nitriles is 1. The van der Waals surface area contributed by atoms with Gasteiger partial charge in [0.05, 0.1) is 11.4 Å². The molecule has 0 saturated heterocycles. The van der Waals surface area contributed by atoms with Crippen LogP contribution >= 0.6 is 11.8 Å². The summed E-state index contributed by atoms with van der Waals surface area (Å²) in [6.45, 7) is 3.72. The highest BCUT2D eigenvalue weighted by Gasteiger charge is 2.14. The second-order valence-corrected chi connectivity index (χ2v) is 4.98. The fraction of sp³-hybridized carbons (Fsp3) is 0.250. The molecule has 6 nitrogen and oxygen atoms in total. The highest BCUT2D eigenvalue weighted by molar-refractivity contribution is 7.98. The lowest BCUT2D eigenvalue weighted by atomic mass is 10.2. The van der Waals surface area contributed by atoms with Crippen molar-refractivity contribution in [2.75, 3.05) is 11.5 Å². The number of aryl methyl sites for hydroxylation is 2. The Kier molecular flexibility index (Phi) is 3.62. The first-order valence-corrected chi connectivity index (χ1v) is 6.52. The third-order valence-corrected chi connectivity index (χ3v) is 3.68. The Morgan fingerprint density at radius 1 is 1.42 bits per heavy atom. The molecular formula is C12H13N5OS. The summed E-state index contributed by atoms with van der Waals surface area (Å²) in [5, 5.41) is 13.5. The van der Waals surface area contributed by atoms with Gasteiger partial charge in [0.1, 0.15) is 28.2 Å². The maximum atomic E-state index is 9.10. The van der Waals surface area contributed by atoms with Crippen molar-refractivity contribution in [1.82, 2.24) is 10.1 Å². The van der Waals surface area contributed by atoms with E-state index in [0.717, 1.165) is 17.0 Å². The summed E-state index contributed by atoms with van der Waals surface area (Å²) in [4.78, 5) is 4.15. The van der Waals surface area contributed by atoms with Crippen LogP contribution in [-0.2, 0) is 5.75 Å². The van der Waals surface area contributed by atoms with Crippen molar-refractivity contribution in [3.8, 4) is 6.07 Å². The van der Waals surface area contributed by atoms with Gasteiger partial charge >= 0.3 is 0 Å². The predicted octanol–water partition coefficient (Wildman–Crippen LogP) is 2.01. The Hall–Kier alpha value is -2.20. The highest BCUT2D eigenvalue weighted by Crippen LogP contribution is 2.30. The van der Waals surface area contributed by atoms with Gasteiger partial charge in [-0.25, -0.2) is 4.98 Å². The lowest BCUT2D eigenvalue weighted by Crippen LogP contribution is -2.00. The SMILES string of the molecule is Cc1noc(C)c1CSc1nc(N)cc(N)c1C#N. The van der Waals surface area contributed by atoms with Gasteiger partial charge in [-0.1, -0.05) is 16.9 Å². The van der Waals surface area contributed by atoms with Gasteiger partial charge in [0.25, 0.3) is 0 Å². The fourth-order valence-corrected chi connectivity index (χ4v) is 2.80. The lowest BCUT2D eigenvalue weighted by molar-refractivity contribution is 0.392. The minimum atomic E-state index is 0.303. The Morgan fingerprint density at radius 3 is 2.74 bits per heavy atom. The van der Waals surface area contributed by atoms with E-state index in [1.54, 1.807) is 0 Å². The van der Waals surface area contributed by atoms with E-state index in [-0.39, 0.29) is 0 Å². The minimum absolute atomic E-state index is 0.303. The van der Waals surface area contributed by atoms with Crippen LogP contribution in [0.5, 0.6) is 0 Å². The van der Waals surface area contributed by atoms with E-state index in [9.17, 15) is 0 Å². The molecule has 0 bridgehead atoms. The quantitative estimate of drug-likeness (QED) is 0.823. The van der Waals surface area contributed by atoms with Gasteiger partial charge in [-0.3, -0.25) is 0 Å². The average molecular weight is 275 g/mol. The second-order valence-electron chi connectivity index (χ2n) is 4.02. The summed E-state index contributed by atoms with van der Waals surface area (Å²) in [6.07, 6.45) is 0. The highest BCUT2D eigenvalue weighted by atomic mass is 32.2. The van der Waals surface area contributed by atoms with Crippen LogP contribution in [0.3, 0.4) is 0 Å². The van der Waals surface area contributed by atoms with Crippen LogP contribution in [0.1, 0.15) is 22.6 Å². The van der Waals surface area contributed by atoms with E-state index in [0.29, 0.717) is 27.8 Å². The van der Waals surface area contributed by atoms with Crippen LogP contribution in [0.4, 0.5) is 11.5 Å². The first-order valence-electron chi connectivity index (χ1n) is 5.53. The molecule has 2 aromatic rings. The van der Waals surface area contributed by atoms with E-state index >= 15 is 0 Å². The van der Waals surface area contributed by atoms with Crippen molar-refractivity contribution in [2.45, 2.75) is 24.6 Å². The van der Waals surface area contributed by atoms with Crippen LogP contribution in [0.15, 0.2) is 15.6 Å². The van der Waals surface area contributed by atoms with Crippen molar-refractivity contribution in [3.63, 3.8) is 0 Å². The minimum Gasteiger partial charge on any atom is -0.397 e. The molecule has 7 heteroatoms. The number of nitrogens with zero attached hydrogens (tertiary/aromatic N) is 3. The Balaban J connectivity index is 2.28. The van der Waals surface area contributed by atoms with Gasteiger partial charge in [0, 0.05) is 17.4 Å². The number of rotatable bonds is 3. The molecule has 98 valence electrons. The second kappa shape index (κ2) is 5.20. The molecule has 0 saturated carbocycles. The number of thioether (sulfide) groups is 1. The number of pyridine rings is 1. The van der Waals surface area contributed by atoms with Gasteiger partial charge in [0.2, 0.25) is 0 Å². The summed E-state index contributed by atoms with van der Waals surface area (Å²) in [6, 6.07) is 3.53. The Labute approximate surface area is 114 Å². The van der Waals surface area contributed by atoms with Crippen LogP contribution in [0.25, 0.3) is 0 Å². The number of nitrogens with two attached hydrogens (primary N) is 2. The standard InChI is InChI=1S/C12H13N5OS/c1-6-9(7(2)18-17-6)5-19-12-8(4-13)10(14)3-11(15)16-12/h3H,5H2,1-2H3,(H4,14,15,16). The molecule has 4 N–H and O–H groups in total. The molecule has 0 unspecified atom stereocenters. The maximum absolute atomic E-state index is 9.10. The first-order chi connectivity index (χ1) is 9.02. The normalized spacial score (nSPS) is 10.4. The Morgan fingerprint density at radius 2 is 2.16 bits per heavy atom. The van der Waals surface area contributed by atoms with E-state index in [2.05, 4.69) is 10.1 Å². The smallest absolute Gasteiger partial charge is 0.137 e. The molecule has 2 rings (SSSR count). The molecule has 0 aliphatic carbocycles. The first kappa shape index (κ1) is 13.2. The van der Waals surface area contributed by atoms with Crippen LogP contribution in [0.2, 0.25) is 0 Å².